The summed E-state index contributed by atoms with van der Waals surface area (Å²) in [6, 6.07) is 12.6. The van der Waals surface area contributed by atoms with Crippen LogP contribution in [-0.4, -0.2) is 17.1 Å². The third kappa shape index (κ3) is 5.39. The number of hydrogen-bond donors (Lipinski definition) is 2. The van der Waals surface area contributed by atoms with Crippen LogP contribution < -0.4 is 5.32 Å². The van der Waals surface area contributed by atoms with E-state index < -0.39 is 12.0 Å². The van der Waals surface area contributed by atoms with Crippen LogP contribution in [0.5, 0.6) is 0 Å². The Kier molecular flexibility index (Phi) is 6.94. The average Bonchev–Trinajstić information content (AvgIpc) is 2.73. The maximum Gasteiger partial charge on any atom is 0.265 e. The maximum absolute atomic E-state index is 12.3. The molecular formula is C24H23ClN2O2. The normalized spacial score (nSPS) is 15.0. The third-order valence-corrected chi connectivity index (χ3v) is 5.51. The highest BCUT2D eigenvalue weighted by molar-refractivity contribution is 6.32. The van der Waals surface area contributed by atoms with Gasteiger partial charge in [-0.1, -0.05) is 60.4 Å². The van der Waals surface area contributed by atoms with E-state index in [1.54, 1.807) is 6.07 Å². The van der Waals surface area contributed by atoms with E-state index in [0.29, 0.717) is 17.2 Å². The summed E-state index contributed by atoms with van der Waals surface area (Å²) < 4.78 is 0. The Hall–Kier alpha value is -2.79. The molecule has 0 spiro atoms. The summed E-state index contributed by atoms with van der Waals surface area (Å²) in [6.07, 6.45) is 4.57. The first-order valence-electron chi connectivity index (χ1n) is 9.78. The smallest absolute Gasteiger partial charge is 0.265 e. The lowest BCUT2D eigenvalue weighted by molar-refractivity contribution is -0.121. The molecule has 5 heteroatoms. The molecule has 2 aromatic rings. The zero-order valence-electron chi connectivity index (χ0n) is 16.3. The summed E-state index contributed by atoms with van der Waals surface area (Å²) in [5, 5.41) is 21.9. The SMILES string of the molecule is Cc1ccc(C#CC(O)C(=O)Nc2ccc(C#N)c(Cl)c2)c(C2CCCCC2)c1. The van der Waals surface area contributed by atoms with E-state index >= 15 is 0 Å². The summed E-state index contributed by atoms with van der Waals surface area (Å²) in [6.45, 7) is 2.06. The Morgan fingerprint density at radius 3 is 2.59 bits per heavy atom. The van der Waals surface area contributed by atoms with E-state index in [1.807, 2.05) is 18.2 Å². The average molecular weight is 407 g/mol. The van der Waals surface area contributed by atoms with Crippen molar-refractivity contribution in [1.82, 2.24) is 0 Å². The number of carbonyl (C=O) groups is 1. The van der Waals surface area contributed by atoms with E-state index in [-0.39, 0.29) is 5.02 Å². The summed E-state index contributed by atoms with van der Waals surface area (Å²) >= 11 is 5.97. The molecule has 1 atom stereocenters. The number of amides is 1. The second-order valence-electron chi connectivity index (χ2n) is 7.39. The fourth-order valence-corrected chi connectivity index (χ4v) is 3.88. The second kappa shape index (κ2) is 9.61. The lowest BCUT2D eigenvalue weighted by Gasteiger charge is -2.23. The molecule has 1 fully saturated rings. The van der Waals surface area contributed by atoms with E-state index in [4.69, 9.17) is 16.9 Å². The van der Waals surface area contributed by atoms with Gasteiger partial charge >= 0.3 is 0 Å². The van der Waals surface area contributed by atoms with Gasteiger partial charge in [0.2, 0.25) is 0 Å². The summed E-state index contributed by atoms with van der Waals surface area (Å²) in [7, 11) is 0. The van der Waals surface area contributed by atoms with Gasteiger partial charge in [0.1, 0.15) is 6.07 Å². The summed E-state index contributed by atoms with van der Waals surface area (Å²) in [5.74, 6) is 5.52. The minimum Gasteiger partial charge on any atom is -0.372 e. The van der Waals surface area contributed by atoms with E-state index in [1.165, 1.54) is 42.5 Å². The standard InChI is InChI=1S/C24H23ClN2O2/c1-16-7-8-18(21(13-16)17-5-3-2-4-6-17)10-12-23(28)24(29)27-20-11-9-19(15-26)22(25)14-20/h7-9,11,13-14,17,23,28H,2-6H2,1H3,(H,27,29). The number of rotatable bonds is 3. The van der Waals surface area contributed by atoms with Crippen molar-refractivity contribution in [2.45, 2.75) is 51.0 Å². The Morgan fingerprint density at radius 2 is 1.90 bits per heavy atom. The molecule has 29 heavy (non-hydrogen) atoms. The van der Waals surface area contributed by atoms with E-state index in [2.05, 4.69) is 30.1 Å². The van der Waals surface area contributed by atoms with Crippen LogP contribution in [0.4, 0.5) is 5.69 Å². The van der Waals surface area contributed by atoms with Crippen LogP contribution in [0.25, 0.3) is 0 Å². The summed E-state index contributed by atoms with van der Waals surface area (Å²) in [5.41, 5.74) is 3.99. The Balaban J connectivity index is 1.74. The highest BCUT2D eigenvalue weighted by atomic mass is 35.5. The number of nitrogens with one attached hydrogen (secondary N) is 1. The van der Waals surface area contributed by atoms with Gasteiger partial charge in [0.25, 0.3) is 5.91 Å². The number of nitrogens with zero attached hydrogens (tertiary/aromatic N) is 1. The van der Waals surface area contributed by atoms with Gasteiger partial charge in [-0.25, -0.2) is 0 Å². The molecule has 0 radical (unpaired) electrons. The van der Waals surface area contributed by atoms with Gasteiger partial charge in [0, 0.05) is 11.3 Å². The minimum absolute atomic E-state index is 0.239. The molecule has 3 rings (SSSR count). The highest BCUT2D eigenvalue weighted by Gasteiger charge is 2.18. The van der Waals surface area contributed by atoms with Crippen LogP contribution in [0.2, 0.25) is 5.02 Å². The van der Waals surface area contributed by atoms with Crippen molar-refractivity contribution in [2.24, 2.45) is 0 Å². The Bertz CT molecular complexity index is 1010. The van der Waals surface area contributed by atoms with Crippen molar-refractivity contribution >= 4 is 23.2 Å². The van der Waals surface area contributed by atoms with Crippen molar-refractivity contribution in [3.05, 3.63) is 63.7 Å². The molecule has 0 aliphatic heterocycles. The number of anilines is 1. The molecule has 0 aromatic heterocycles. The number of carbonyl (C=O) groups excluding carboxylic acids is 1. The zero-order chi connectivity index (χ0) is 20.8. The predicted octanol–water partition coefficient (Wildman–Crippen LogP) is 4.92. The van der Waals surface area contributed by atoms with Crippen molar-refractivity contribution in [1.29, 1.82) is 5.26 Å². The largest absolute Gasteiger partial charge is 0.372 e. The predicted molar refractivity (Wildman–Crippen MR) is 115 cm³/mol. The van der Waals surface area contributed by atoms with Gasteiger partial charge in [-0.05, 0) is 55.5 Å². The highest BCUT2D eigenvalue weighted by Crippen LogP contribution is 2.34. The van der Waals surface area contributed by atoms with Crippen molar-refractivity contribution in [3.63, 3.8) is 0 Å². The topological polar surface area (TPSA) is 73.1 Å². The Labute approximate surface area is 176 Å². The number of nitriles is 1. The van der Waals surface area contributed by atoms with Crippen LogP contribution in [-0.2, 0) is 4.79 Å². The molecule has 0 heterocycles. The summed E-state index contributed by atoms with van der Waals surface area (Å²) in [4.78, 5) is 12.3. The fraction of sp³-hybridized carbons (Fsp3) is 0.333. The lowest BCUT2D eigenvalue weighted by atomic mass is 9.81. The van der Waals surface area contributed by atoms with Crippen LogP contribution in [0.1, 0.15) is 60.3 Å². The molecule has 1 unspecified atom stereocenters. The molecular weight excluding hydrogens is 384 g/mol. The van der Waals surface area contributed by atoms with Crippen molar-refractivity contribution in [2.75, 3.05) is 5.32 Å². The molecule has 0 bridgehead atoms. The van der Waals surface area contributed by atoms with Crippen LogP contribution in [0.3, 0.4) is 0 Å². The number of aliphatic hydroxyl groups is 1. The first kappa shape index (κ1) is 20.9. The van der Waals surface area contributed by atoms with Gasteiger partial charge in [-0.15, -0.1) is 0 Å². The second-order valence-corrected chi connectivity index (χ2v) is 7.80. The van der Waals surface area contributed by atoms with Gasteiger partial charge in [0.15, 0.2) is 6.10 Å². The van der Waals surface area contributed by atoms with Crippen molar-refractivity contribution < 1.29 is 9.90 Å². The monoisotopic (exact) mass is 406 g/mol. The molecule has 4 nitrogen and oxygen atoms in total. The van der Waals surface area contributed by atoms with Gasteiger partial charge < -0.3 is 10.4 Å². The zero-order valence-corrected chi connectivity index (χ0v) is 17.1. The first-order chi connectivity index (χ1) is 14.0. The number of aryl methyl sites for hydroxylation is 1. The van der Waals surface area contributed by atoms with Gasteiger partial charge in [-0.3, -0.25) is 4.79 Å². The van der Waals surface area contributed by atoms with Gasteiger partial charge in [0.05, 0.1) is 10.6 Å². The van der Waals surface area contributed by atoms with Crippen LogP contribution in [0.15, 0.2) is 36.4 Å². The molecule has 2 aromatic carbocycles. The third-order valence-electron chi connectivity index (χ3n) is 5.20. The number of hydrogen-bond acceptors (Lipinski definition) is 3. The number of aliphatic hydroxyl groups excluding tert-OH is 1. The van der Waals surface area contributed by atoms with E-state index in [9.17, 15) is 9.90 Å². The minimum atomic E-state index is -1.47. The molecule has 1 aliphatic carbocycles. The van der Waals surface area contributed by atoms with Crippen molar-refractivity contribution in [3.8, 4) is 17.9 Å². The molecule has 1 aliphatic rings. The molecule has 1 saturated carbocycles. The lowest BCUT2D eigenvalue weighted by Crippen LogP contribution is -2.26. The van der Waals surface area contributed by atoms with Crippen LogP contribution in [0, 0.1) is 30.1 Å². The van der Waals surface area contributed by atoms with E-state index in [0.717, 1.165) is 18.4 Å². The van der Waals surface area contributed by atoms with Gasteiger partial charge in [-0.2, -0.15) is 5.26 Å². The quantitative estimate of drug-likeness (QED) is 0.710. The number of halogens is 1. The molecule has 2 N–H and O–H groups in total. The Morgan fingerprint density at radius 1 is 1.17 bits per heavy atom. The molecule has 1 amide bonds. The fourth-order valence-electron chi connectivity index (χ4n) is 3.65. The first-order valence-corrected chi connectivity index (χ1v) is 10.2. The number of benzene rings is 2. The molecule has 148 valence electrons. The van der Waals surface area contributed by atoms with Crippen LogP contribution >= 0.6 is 11.6 Å². The maximum atomic E-state index is 12.3. The molecule has 0 saturated heterocycles.